The number of pyridine rings is 1. The number of aliphatic hydroxyl groups is 2. The molecule has 0 bridgehead atoms. The predicted octanol–water partition coefficient (Wildman–Crippen LogP) is -0.471. The van der Waals surface area contributed by atoms with Crippen molar-refractivity contribution < 1.29 is 24.7 Å². The standard InChI is InChI=1S/C10H13N3O6/c1-2-19-10(16)9(15)8(14)5-3-12-4-6(7(5)11)13(17)18/h3-4,8-9,14-15H,2H2,1H3,(H2,11,12). The van der Waals surface area contributed by atoms with Gasteiger partial charge in [0.25, 0.3) is 0 Å². The number of esters is 1. The van der Waals surface area contributed by atoms with E-state index in [9.17, 15) is 25.1 Å². The first-order chi connectivity index (χ1) is 8.90. The van der Waals surface area contributed by atoms with Crippen LogP contribution in [0, 0.1) is 10.1 Å². The summed E-state index contributed by atoms with van der Waals surface area (Å²) in [5.74, 6) is -1.05. The van der Waals surface area contributed by atoms with Gasteiger partial charge in [-0.2, -0.15) is 0 Å². The van der Waals surface area contributed by atoms with Crippen molar-refractivity contribution in [2.45, 2.75) is 19.1 Å². The van der Waals surface area contributed by atoms with E-state index < -0.39 is 28.8 Å². The zero-order chi connectivity index (χ0) is 14.6. The number of nitro groups is 1. The van der Waals surface area contributed by atoms with Gasteiger partial charge in [-0.1, -0.05) is 0 Å². The molecule has 2 atom stereocenters. The largest absolute Gasteiger partial charge is 0.464 e. The van der Waals surface area contributed by atoms with Crippen molar-refractivity contribution in [1.29, 1.82) is 0 Å². The molecule has 1 rings (SSSR count). The topological polar surface area (TPSA) is 149 Å². The van der Waals surface area contributed by atoms with Crippen LogP contribution in [0.3, 0.4) is 0 Å². The molecule has 2 unspecified atom stereocenters. The summed E-state index contributed by atoms with van der Waals surface area (Å²) >= 11 is 0. The van der Waals surface area contributed by atoms with Crippen molar-refractivity contribution in [1.82, 2.24) is 4.98 Å². The number of rotatable bonds is 5. The van der Waals surface area contributed by atoms with Crippen LogP contribution in [0.15, 0.2) is 12.4 Å². The Balaban J connectivity index is 3.06. The van der Waals surface area contributed by atoms with Crippen LogP contribution in [0.4, 0.5) is 11.4 Å². The smallest absolute Gasteiger partial charge is 0.338 e. The number of hydrogen-bond acceptors (Lipinski definition) is 8. The number of aromatic nitrogens is 1. The van der Waals surface area contributed by atoms with Crippen LogP contribution >= 0.6 is 0 Å². The van der Waals surface area contributed by atoms with Gasteiger partial charge in [-0.05, 0) is 6.92 Å². The molecule has 0 aliphatic heterocycles. The first-order valence-electron chi connectivity index (χ1n) is 5.30. The lowest BCUT2D eigenvalue weighted by molar-refractivity contribution is -0.384. The molecule has 0 saturated carbocycles. The molecule has 0 radical (unpaired) electrons. The molecule has 1 aromatic heterocycles. The van der Waals surface area contributed by atoms with E-state index in [2.05, 4.69) is 9.72 Å². The van der Waals surface area contributed by atoms with Gasteiger partial charge in [-0.15, -0.1) is 0 Å². The number of anilines is 1. The summed E-state index contributed by atoms with van der Waals surface area (Å²) in [5, 5.41) is 30.0. The lowest BCUT2D eigenvalue weighted by atomic mass is 10.0. The SMILES string of the molecule is CCOC(=O)C(O)C(O)c1cncc([N+](=O)[O-])c1N. The fourth-order valence-corrected chi connectivity index (χ4v) is 1.38. The average Bonchev–Trinajstić information content (AvgIpc) is 2.37. The van der Waals surface area contributed by atoms with Crippen LogP contribution in [0.5, 0.6) is 0 Å². The third kappa shape index (κ3) is 3.14. The number of hydrogen-bond donors (Lipinski definition) is 3. The highest BCUT2D eigenvalue weighted by molar-refractivity contribution is 5.76. The number of carbonyl (C=O) groups excluding carboxylic acids is 1. The van der Waals surface area contributed by atoms with Crippen LogP contribution in [-0.2, 0) is 9.53 Å². The van der Waals surface area contributed by atoms with E-state index in [0.717, 1.165) is 12.4 Å². The van der Waals surface area contributed by atoms with Gasteiger partial charge in [-0.25, -0.2) is 4.79 Å². The van der Waals surface area contributed by atoms with Gasteiger partial charge < -0.3 is 20.7 Å². The van der Waals surface area contributed by atoms with Crippen molar-refractivity contribution in [3.63, 3.8) is 0 Å². The van der Waals surface area contributed by atoms with E-state index >= 15 is 0 Å². The highest BCUT2D eigenvalue weighted by atomic mass is 16.6. The predicted molar refractivity (Wildman–Crippen MR) is 62.9 cm³/mol. The number of nitrogens with two attached hydrogens (primary N) is 1. The van der Waals surface area contributed by atoms with E-state index in [1.807, 2.05) is 0 Å². The van der Waals surface area contributed by atoms with Gasteiger partial charge in [0, 0.05) is 11.8 Å². The molecular formula is C10H13N3O6. The summed E-state index contributed by atoms with van der Waals surface area (Å²) in [5.41, 5.74) is 4.39. The Morgan fingerprint density at radius 1 is 1.58 bits per heavy atom. The number of nitrogen functional groups attached to an aromatic ring is 1. The summed E-state index contributed by atoms with van der Waals surface area (Å²) in [6.07, 6.45) is -1.71. The van der Waals surface area contributed by atoms with Crippen molar-refractivity contribution in [2.24, 2.45) is 0 Å². The molecular weight excluding hydrogens is 258 g/mol. The molecule has 19 heavy (non-hydrogen) atoms. The minimum Gasteiger partial charge on any atom is -0.464 e. The Morgan fingerprint density at radius 2 is 2.21 bits per heavy atom. The van der Waals surface area contributed by atoms with E-state index in [1.54, 1.807) is 0 Å². The van der Waals surface area contributed by atoms with Gasteiger partial charge in [-0.3, -0.25) is 15.1 Å². The first kappa shape index (κ1) is 14.8. The molecule has 104 valence electrons. The minimum absolute atomic E-state index is 0.0191. The Labute approximate surface area is 107 Å². The highest BCUT2D eigenvalue weighted by Crippen LogP contribution is 2.29. The maximum Gasteiger partial charge on any atom is 0.338 e. The van der Waals surface area contributed by atoms with Gasteiger partial charge in [0.2, 0.25) is 0 Å². The number of aliphatic hydroxyl groups excluding tert-OH is 2. The van der Waals surface area contributed by atoms with Crippen LogP contribution in [0.25, 0.3) is 0 Å². The Bertz CT molecular complexity index is 492. The van der Waals surface area contributed by atoms with Crippen LogP contribution in [0.1, 0.15) is 18.6 Å². The molecule has 1 aromatic rings. The van der Waals surface area contributed by atoms with Crippen LogP contribution < -0.4 is 5.73 Å². The maximum absolute atomic E-state index is 11.3. The Kier molecular flexibility index (Phi) is 4.73. The van der Waals surface area contributed by atoms with E-state index in [4.69, 9.17) is 5.73 Å². The monoisotopic (exact) mass is 271 g/mol. The second kappa shape index (κ2) is 6.07. The average molecular weight is 271 g/mol. The van der Waals surface area contributed by atoms with Gasteiger partial charge in [0.15, 0.2) is 6.10 Å². The van der Waals surface area contributed by atoms with Crippen molar-refractivity contribution in [3.8, 4) is 0 Å². The van der Waals surface area contributed by atoms with E-state index in [0.29, 0.717) is 0 Å². The molecule has 1 heterocycles. The quantitative estimate of drug-likeness (QED) is 0.369. The lowest BCUT2D eigenvalue weighted by Crippen LogP contribution is -2.30. The Morgan fingerprint density at radius 3 is 2.74 bits per heavy atom. The zero-order valence-corrected chi connectivity index (χ0v) is 10.0. The number of ether oxygens (including phenoxy) is 1. The number of nitrogens with zero attached hydrogens (tertiary/aromatic N) is 2. The van der Waals surface area contributed by atoms with E-state index in [1.165, 1.54) is 6.92 Å². The molecule has 0 spiro atoms. The first-order valence-corrected chi connectivity index (χ1v) is 5.30. The second-order valence-electron chi connectivity index (χ2n) is 3.56. The van der Waals surface area contributed by atoms with Gasteiger partial charge in [0.1, 0.15) is 18.0 Å². The van der Waals surface area contributed by atoms with Crippen molar-refractivity contribution in [2.75, 3.05) is 12.3 Å². The Hall–Kier alpha value is -2.26. The molecule has 0 fully saturated rings. The molecule has 0 aromatic carbocycles. The third-order valence-corrected chi connectivity index (χ3v) is 2.34. The third-order valence-electron chi connectivity index (χ3n) is 2.34. The fourth-order valence-electron chi connectivity index (χ4n) is 1.38. The summed E-state index contributed by atoms with van der Waals surface area (Å²) in [4.78, 5) is 24.7. The molecule has 0 aliphatic rings. The summed E-state index contributed by atoms with van der Waals surface area (Å²) < 4.78 is 4.52. The second-order valence-corrected chi connectivity index (χ2v) is 3.56. The molecule has 9 nitrogen and oxygen atoms in total. The fraction of sp³-hybridized carbons (Fsp3) is 0.400. The highest BCUT2D eigenvalue weighted by Gasteiger charge is 2.30. The molecule has 4 N–H and O–H groups in total. The minimum atomic E-state index is -1.90. The van der Waals surface area contributed by atoms with Crippen molar-refractivity contribution >= 4 is 17.3 Å². The lowest BCUT2D eigenvalue weighted by Gasteiger charge is -2.17. The van der Waals surface area contributed by atoms with E-state index in [-0.39, 0.29) is 17.9 Å². The normalized spacial score (nSPS) is 13.6. The molecule has 0 saturated heterocycles. The number of carbonyl (C=O) groups is 1. The summed E-state index contributed by atoms with van der Waals surface area (Å²) in [6.45, 7) is 1.55. The van der Waals surface area contributed by atoms with Gasteiger partial charge >= 0.3 is 11.7 Å². The zero-order valence-electron chi connectivity index (χ0n) is 10.0. The maximum atomic E-state index is 11.3. The van der Waals surface area contributed by atoms with Gasteiger partial charge in [0.05, 0.1) is 11.5 Å². The summed E-state index contributed by atoms with van der Waals surface area (Å²) in [7, 11) is 0. The van der Waals surface area contributed by atoms with Crippen molar-refractivity contribution in [3.05, 3.63) is 28.1 Å². The summed E-state index contributed by atoms with van der Waals surface area (Å²) in [6, 6.07) is 0. The molecule has 0 aliphatic carbocycles. The van der Waals surface area contributed by atoms with Crippen LogP contribution in [0.2, 0.25) is 0 Å². The molecule has 9 heteroatoms. The molecule has 0 amide bonds. The van der Waals surface area contributed by atoms with Crippen LogP contribution in [-0.4, -0.2) is 38.8 Å².